The molecule has 162 valence electrons. The van der Waals surface area contributed by atoms with Gasteiger partial charge in [-0.25, -0.2) is 4.39 Å². The van der Waals surface area contributed by atoms with Gasteiger partial charge >= 0.3 is 0 Å². The summed E-state index contributed by atoms with van der Waals surface area (Å²) in [6.45, 7) is 0.991. The fraction of sp³-hybridized carbons (Fsp3) is 0.273. The Bertz CT molecular complexity index is 1010. The molecule has 0 saturated heterocycles. The summed E-state index contributed by atoms with van der Waals surface area (Å²) in [4.78, 5) is 50.4. The van der Waals surface area contributed by atoms with Crippen LogP contribution < -0.4 is 10.6 Å². The topological polar surface area (TPSA) is 105 Å². The molecule has 2 N–H and O–H groups in total. The van der Waals surface area contributed by atoms with Crippen LogP contribution in [0.5, 0.6) is 0 Å². The summed E-state index contributed by atoms with van der Waals surface area (Å²) < 4.78 is 17.8. The predicted molar refractivity (Wildman–Crippen MR) is 109 cm³/mol. The molecule has 31 heavy (non-hydrogen) atoms. The number of halogens is 1. The van der Waals surface area contributed by atoms with Gasteiger partial charge in [0.25, 0.3) is 23.6 Å². The molecular formula is C22H22FN3O5. The van der Waals surface area contributed by atoms with Crippen LogP contribution in [0.4, 0.5) is 4.39 Å². The molecule has 2 aromatic carbocycles. The van der Waals surface area contributed by atoms with Crippen molar-refractivity contribution in [2.45, 2.75) is 6.42 Å². The van der Waals surface area contributed by atoms with Crippen molar-refractivity contribution in [3.8, 4) is 0 Å². The molecule has 1 heterocycles. The summed E-state index contributed by atoms with van der Waals surface area (Å²) >= 11 is 0. The molecule has 0 aliphatic carbocycles. The average Bonchev–Trinajstić information content (AvgIpc) is 3.01. The van der Waals surface area contributed by atoms with E-state index in [1.54, 1.807) is 7.11 Å². The number of nitrogens with one attached hydrogen (secondary N) is 2. The highest BCUT2D eigenvalue weighted by Crippen LogP contribution is 2.24. The molecule has 0 saturated carbocycles. The van der Waals surface area contributed by atoms with Gasteiger partial charge in [0, 0.05) is 44.5 Å². The van der Waals surface area contributed by atoms with E-state index in [1.165, 1.54) is 42.5 Å². The first-order chi connectivity index (χ1) is 14.9. The number of ether oxygens (including phenoxy) is 1. The van der Waals surface area contributed by atoms with Gasteiger partial charge in [-0.15, -0.1) is 0 Å². The molecule has 4 amide bonds. The first-order valence-electron chi connectivity index (χ1n) is 9.73. The first-order valence-corrected chi connectivity index (χ1v) is 9.73. The van der Waals surface area contributed by atoms with Crippen molar-refractivity contribution in [2.75, 3.05) is 33.4 Å². The third-order valence-electron chi connectivity index (χ3n) is 4.77. The molecule has 0 radical (unpaired) electrons. The highest BCUT2D eigenvalue weighted by molar-refractivity contribution is 6.22. The van der Waals surface area contributed by atoms with E-state index in [2.05, 4.69) is 10.6 Å². The van der Waals surface area contributed by atoms with E-state index >= 15 is 0 Å². The van der Waals surface area contributed by atoms with Crippen LogP contribution in [-0.2, 0) is 4.74 Å². The summed E-state index contributed by atoms with van der Waals surface area (Å²) in [5.74, 6) is -2.07. The summed E-state index contributed by atoms with van der Waals surface area (Å²) in [7, 11) is 1.54. The van der Waals surface area contributed by atoms with Crippen LogP contribution in [0.15, 0.2) is 42.5 Å². The lowest BCUT2D eigenvalue weighted by Gasteiger charge is -2.12. The van der Waals surface area contributed by atoms with E-state index in [1.807, 2.05) is 0 Å². The molecule has 0 fully saturated rings. The second kappa shape index (κ2) is 9.94. The molecule has 1 aliphatic rings. The van der Waals surface area contributed by atoms with Crippen molar-refractivity contribution in [3.63, 3.8) is 0 Å². The van der Waals surface area contributed by atoms with Gasteiger partial charge in [-0.05, 0) is 48.9 Å². The van der Waals surface area contributed by atoms with Gasteiger partial charge in [-0.1, -0.05) is 0 Å². The molecule has 0 spiro atoms. The number of methoxy groups -OCH3 is 1. The standard InChI is InChI=1S/C22H22FN3O5/c1-31-12-2-11-26-21(29)17-8-5-15(13-18(17)22(26)30)20(28)25-10-9-24-19(27)14-3-6-16(23)7-4-14/h3-8,13H,2,9-12H2,1H3,(H,24,27)(H,25,28). The molecule has 2 aromatic rings. The van der Waals surface area contributed by atoms with Crippen molar-refractivity contribution in [3.05, 3.63) is 70.5 Å². The lowest BCUT2D eigenvalue weighted by molar-refractivity contribution is 0.0638. The SMILES string of the molecule is COCCCN1C(=O)c2ccc(C(=O)NCCNC(=O)c3ccc(F)cc3)cc2C1=O. The zero-order valence-corrected chi connectivity index (χ0v) is 16.9. The van der Waals surface area contributed by atoms with Gasteiger partial charge in [0.15, 0.2) is 0 Å². The van der Waals surface area contributed by atoms with Crippen LogP contribution in [0.1, 0.15) is 47.9 Å². The third-order valence-corrected chi connectivity index (χ3v) is 4.77. The molecule has 0 aromatic heterocycles. The number of rotatable bonds is 9. The molecule has 9 heteroatoms. The van der Waals surface area contributed by atoms with Gasteiger partial charge in [-0.2, -0.15) is 0 Å². The minimum atomic E-state index is -0.434. The van der Waals surface area contributed by atoms with E-state index in [0.29, 0.717) is 18.6 Å². The van der Waals surface area contributed by atoms with Gasteiger partial charge < -0.3 is 15.4 Å². The largest absolute Gasteiger partial charge is 0.385 e. The second-order valence-corrected chi connectivity index (χ2v) is 6.89. The number of hydrogen-bond donors (Lipinski definition) is 2. The normalized spacial score (nSPS) is 12.6. The highest BCUT2D eigenvalue weighted by Gasteiger charge is 2.35. The number of nitrogens with zero attached hydrogens (tertiary/aromatic N) is 1. The smallest absolute Gasteiger partial charge is 0.261 e. The Morgan fingerprint density at radius 2 is 1.48 bits per heavy atom. The van der Waals surface area contributed by atoms with E-state index in [-0.39, 0.29) is 48.1 Å². The summed E-state index contributed by atoms with van der Waals surface area (Å²) in [5.41, 5.74) is 1.01. The van der Waals surface area contributed by atoms with Crippen LogP contribution in [0, 0.1) is 5.82 Å². The molecule has 1 aliphatic heterocycles. The van der Waals surface area contributed by atoms with E-state index in [4.69, 9.17) is 4.74 Å². The molecular weight excluding hydrogens is 405 g/mol. The van der Waals surface area contributed by atoms with E-state index in [9.17, 15) is 23.6 Å². The summed E-state index contributed by atoms with van der Waals surface area (Å²) in [5, 5.41) is 5.26. The zero-order chi connectivity index (χ0) is 22.4. The Labute approximate surface area is 178 Å². The maximum Gasteiger partial charge on any atom is 0.261 e. The number of hydrogen-bond acceptors (Lipinski definition) is 5. The molecule has 3 rings (SSSR count). The van der Waals surface area contributed by atoms with Gasteiger partial charge in [0.2, 0.25) is 0 Å². The van der Waals surface area contributed by atoms with Gasteiger partial charge in [-0.3, -0.25) is 24.1 Å². The summed E-state index contributed by atoms with van der Waals surface area (Å²) in [6.07, 6.45) is 0.527. The van der Waals surface area contributed by atoms with Crippen molar-refractivity contribution in [1.29, 1.82) is 0 Å². The van der Waals surface area contributed by atoms with Gasteiger partial charge in [0.1, 0.15) is 5.82 Å². The lowest BCUT2D eigenvalue weighted by atomic mass is 10.1. The number of amides is 4. The van der Waals surface area contributed by atoms with E-state index in [0.717, 1.165) is 4.90 Å². The number of carbonyl (C=O) groups is 4. The van der Waals surface area contributed by atoms with Crippen molar-refractivity contribution < 1.29 is 28.3 Å². The second-order valence-electron chi connectivity index (χ2n) is 6.89. The minimum Gasteiger partial charge on any atom is -0.385 e. The Balaban J connectivity index is 1.53. The minimum absolute atomic E-state index is 0.152. The Hall–Kier alpha value is -3.59. The number of carbonyl (C=O) groups excluding carboxylic acids is 4. The number of imide groups is 1. The van der Waals surface area contributed by atoms with E-state index < -0.39 is 17.6 Å². The number of fused-ring (bicyclic) bond motifs is 1. The fourth-order valence-corrected chi connectivity index (χ4v) is 3.16. The maximum atomic E-state index is 12.9. The highest BCUT2D eigenvalue weighted by atomic mass is 19.1. The van der Waals surface area contributed by atoms with Crippen LogP contribution >= 0.6 is 0 Å². The van der Waals surface area contributed by atoms with Crippen LogP contribution in [0.3, 0.4) is 0 Å². The molecule has 0 bridgehead atoms. The van der Waals surface area contributed by atoms with Gasteiger partial charge in [0.05, 0.1) is 11.1 Å². The Kier molecular flexibility index (Phi) is 7.09. The third kappa shape index (κ3) is 5.13. The van der Waals surface area contributed by atoms with Crippen LogP contribution in [0.2, 0.25) is 0 Å². The van der Waals surface area contributed by atoms with Crippen molar-refractivity contribution in [2.24, 2.45) is 0 Å². The Morgan fingerprint density at radius 1 is 0.903 bits per heavy atom. The van der Waals surface area contributed by atoms with Crippen LogP contribution in [0.25, 0.3) is 0 Å². The average molecular weight is 427 g/mol. The lowest BCUT2D eigenvalue weighted by Crippen LogP contribution is -2.34. The van der Waals surface area contributed by atoms with Crippen LogP contribution in [-0.4, -0.2) is 61.9 Å². The molecule has 0 unspecified atom stereocenters. The Morgan fingerprint density at radius 3 is 2.13 bits per heavy atom. The number of benzene rings is 2. The summed E-state index contributed by atoms with van der Waals surface area (Å²) in [6, 6.07) is 9.46. The molecule has 0 atom stereocenters. The quantitative estimate of drug-likeness (QED) is 0.467. The first kappa shape index (κ1) is 22.1. The maximum absolute atomic E-state index is 12.9. The predicted octanol–water partition coefficient (Wildman–Crippen LogP) is 1.62. The zero-order valence-electron chi connectivity index (χ0n) is 16.9. The molecule has 8 nitrogen and oxygen atoms in total. The van der Waals surface area contributed by atoms with Crippen molar-refractivity contribution >= 4 is 23.6 Å². The monoisotopic (exact) mass is 427 g/mol. The fourth-order valence-electron chi connectivity index (χ4n) is 3.16. The van der Waals surface area contributed by atoms with Crippen molar-refractivity contribution in [1.82, 2.24) is 15.5 Å².